The third-order valence-electron chi connectivity index (χ3n) is 3.99. The maximum atomic E-state index is 12.9. The summed E-state index contributed by atoms with van der Waals surface area (Å²) < 4.78 is 33.6. The van der Waals surface area contributed by atoms with Gasteiger partial charge < -0.3 is 9.73 Å². The Morgan fingerprint density at radius 3 is 2.34 bits per heavy atom. The van der Waals surface area contributed by atoms with Crippen LogP contribution >= 0.6 is 23.2 Å². The van der Waals surface area contributed by atoms with Crippen LogP contribution < -0.4 is 10.0 Å². The van der Waals surface area contributed by atoms with Gasteiger partial charge in [0, 0.05) is 5.02 Å². The Kier molecular flexibility index (Phi) is 5.31. The van der Waals surface area contributed by atoms with E-state index in [1.807, 2.05) is 6.07 Å². The molecule has 148 valence electrons. The SMILES string of the molecule is O=S(=O)(Nc1nc2ccccc2nc1NCc1ccco1)c1cc(Cl)ccc1Cl. The highest BCUT2D eigenvalue weighted by Crippen LogP contribution is 2.29. The number of hydrogen-bond donors (Lipinski definition) is 2. The third-order valence-corrected chi connectivity index (χ3v) is 6.05. The van der Waals surface area contributed by atoms with E-state index in [9.17, 15) is 8.42 Å². The lowest BCUT2D eigenvalue weighted by Crippen LogP contribution is -2.17. The highest BCUT2D eigenvalue weighted by molar-refractivity contribution is 7.92. The number of nitrogens with zero attached hydrogens (tertiary/aromatic N) is 2. The maximum Gasteiger partial charge on any atom is 0.264 e. The van der Waals surface area contributed by atoms with Gasteiger partial charge in [-0.2, -0.15) is 0 Å². The number of anilines is 2. The van der Waals surface area contributed by atoms with Crippen molar-refractivity contribution >= 4 is 55.9 Å². The number of furan rings is 1. The van der Waals surface area contributed by atoms with Crippen molar-refractivity contribution in [3.8, 4) is 0 Å². The van der Waals surface area contributed by atoms with Crippen LogP contribution in [0.3, 0.4) is 0 Å². The molecule has 0 aliphatic rings. The average Bonchev–Trinajstić information content (AvgIpc) is 3.21. The van der Waals surface area contributed by atoms with Crippen molar-refractivity contribution in [3.63, 3.8) is 0 Å². The summed E-state index contributed by atoms with van der Waals surface area (Å²) in [6.45, 7) is 0.298. The Morgan fingerprint density at radius 1 is 0.931 bits per heavy atom. The summed E-state index contributed by atoms with van der Waals surface area (Å²) in [7, 11) is -4.06. The van der Waals surface area contributed by atoms with Crippen LogP contribution in [0.1, 0.15) is 5.76 Å². The van der Waals surface area contributed by atoms with Gasteiger partial charge in [0.05, 0.1) is 28.9 Å². The highest BCUT2D eigenvalue weighted by atomic mass is 35.5. The third kappa shape index (κ3) is 4.29. The fraction of sp³-hybridized carbons (Fsp3) is 0.0526. The maximum absolute atomic E-state index is 12.9. The first-order valence-electron chi connectivity index (χ1n) is 8.43. The van der Waals surface area contributed by atoms with E-state index in [1.54, 1.807) is 36.6 Å². The van der Waals surface area contributed by atoms with E-state index in [0.29, 0.717) is 23.3 Å². The fourth-order valence-electron chi connectivity index (χ4n) is 2.64. The number of nitrogens with one attached hydrogen (secondary N) is 2. The molecule has 0 saturated carbocycles. The molecule has 7 nitrogen and oxygen atoms in total. The molecule has 0 bridgehead atoms. The number of para-hydroxylation sites is 2. The van der Waals surface area contributed by atoms with Crippen LogP contribution in [-0.4, -0.2) is 18.4 Å². The van der Waals surface area contributed by atoms with Crippen molar-refractivity contribution < 1.29 is 12.8 Å². The lowest BCUT2D eigenvalue weighted by molar-refractivity contribution is 0.518. The molecule has 2 heterocycles. The van der Waals surface area contributed by atoms with Gasteiger partial charge in [0.2, 0.25) is 0 Å². The summed E-state index contributed by atoms with van der Waals surface area (Å²) in [6, 6.07) is 14.9. The second-order valence-corrected chi connectivity index (χ2v) is 8.52. The molecule has 10 heteroatoms. The van der Waals surface area contributed by atoms with E-state index >= 15 is 0 Å². The number of aromatic nitrogens is 2. The highest BCUT2D eigenvalue weighted by Gasteiger charge is 2.22. The molecule has 0 unspecified atom stereocenters. The minimum absolute atomic E-state index is 0.0336. The molecule has 2 aromatic heterocycles. The molecule has 0 fully saturated rings. The molecule has 0 aliphatic carbocycles. The summed E-state index contributed by atoms with van der Waals surface area (Å²) in [5.41, 5.74) is 1.14. The predicted molar refractivity (Wildman–Crippen MR) is 113 cm³/mol. The summed E-state index contributed by atoms with van der Waals surface area (Å²) in [4.78, 5) is 8.75. The van der Waals surface area contributed by atoms with Crippen LogP contribution in [0, 0.1) is 0 Å². The minimum Gasteiger partial charge on any atom is -0.467 e. The van der Waals surface area contributed by atoms with E-state index in [1.165, 1.54) is 18.2 Å². The number of halogens is 2. The van der Waals surface area contributed by atoms with Gasteiger partial charge in [-0.15, -0.1) is 0 Å². The number of sulfonamides is 1. The van der Waals surface area contributed by atoms with Crippen LogP contribution in [0.25, 0.3) is 11.0 Å². The van der Waals surface area contributed by atoms with Gasteiger partial charge in [-0.05, 0) is 42.5 Å². The molecular formula is C19H14Cl2N4O3S. The lowest BCUT2D eigenvalue weighted by Gasteiger charge is -2.14. The summed E-state index contributed by atoms with van der Waals surface area (Å²) in [5, 5.41) is 3.34. The van der Waals surface area contributed by atoms with E-state index in [4.69, 9.17) is 27.6 Å². The summed E-state index contributed by atoms with van der Waals surface area (Å²) in [6.07, 6.45) is 1.55. The largest absolute Gasteiger partial charge is 0.467 e. The summed E-state index contributed by atoms with van der Waals surface area (Å²) in [5.74, 6) is 0.944. The second kappa shape index (κ2) is 7.90. The van der Waals surface area contributed by atoms with Gasteiger partial charge in [-0.25, -0.2) is 18.4 Å². The Hall–Kier alpha value is -2.81. The first-order chi connectivity index (χ1) is 13.9. The zero-order valence-corrected chi connectivity index (χ0v) is 17.1. The molecule has 2 aromatic carbocycles. The number of fused-ring (bicyclic) bond motifs is 1. The molecular weight excluding hydrogens is 435 g/mol. The monoisotopic (exact) mass is 448 g/mol. The van der Waals surface area contributed by atoms with Gasteiger partial charge in [0.15, 0.2) is 11.6 Å². The Labute approximate surface area is 176 Å². The Bertz CT molecular complexity index is 1280. The van der Waals surface area contributed by atoms with E-state index < -0.39 is 10.0 Å². The van der Waals surface area contributed by atoms with Gasteiger partial charge in [0.25, 0.3) is 10.0 Å². The smallest absolute Gasteiger partial charge is 0.264 e. The topological polar surface area (TPSA) is 97.1 Å². The molecule has 0 aliphatic heterocycles. The Balaban J connectivity index is 1.74. The van der Waals surface area contributed by atoms with Crippen LogP contribution in [0.2, 0.25) is 10.0 Å². The molecule has 4 rings (SSSR count). The first kappa shape index (κ1) is 19.5. The van der Waals surface area contributed by atoms with Crippen molar-refractivity contribution in [3.05, 3.63) is 76.7 Å². The van der Waals surface area contributed by atoms with Crippen LogP contribution in [-0.2, 0) is 16.6 Å². The minimum atomic E-state index is -4.06. The average molecular weight is 449 g/mol. The Morgan fingerprint density at radius 2 is 1.66 bits per heavy atom. The zero-order chi connectivity index (χ0) is 20.4. The van der Waals surface area contributed by atoms with Crippen molar-refractivity contribution in [2.24, 2.45) is 0 Å². The van der Waals surface area contributed by atoms with Crippen molar-refractivity contribution in [1.29, 1.82) is 0 Å². The van der Waals surface area contributed by atoms with Crippen LogP contribution in [0.15, 0.2) is 70.2 Å². The van der Waals surface area contributed by atoms with Crippen LogP contribution in [0.5, 0.6) is 0 Å². The lowest BCUT2D eigenvalue weighted by atomic mass is 10.3. The fourth-order valence-corrected chi connectivity index (χ4v) is 4.42. The predicted octanol–water partition coefficient (Wildman–Crippen LogP) is 4.94. The molecule has 0 saturated heterocycles. The molecule has 0 spiro atoms. The molecule has 29 heavy (non-hydrogen) atoms. The van der Waals surface area contributed by atoms with Crippen molar-refractivity contribution in [2.75, 3.05) is 10.0 Å². The summed E-state index contributed by atoms with van der Waals surface area (Å²) >= 11 is 12.0. The zero-order valence-electron chi connectivity index (χ0n) is 14.8. The standard InChI is InChI=1S/C19H14Cl2N4O3S/c20-12-7-8-14(21)17(10-12)29(26,27)25-19-18(22-11-13-4-3-9-28-13)23-15-5-1-2-6-16(15)24-19/h1-10H,11H2,(H,22,23)(H,24,25). The number of benzene rings is 2. The molecule has 4 aromatic rings. The molecule has 0 atom stereocenters. The number of rotatable bonds is 6. The van der Waals surface area contributed by atoms with Crippen LogP contribution in [0.4, 0.5) is 11.6 Å². The van der Waals surface area contributed by atoms with Gasteiger partial charge in [-0.1, -0.05) is 35.3 Å². The van der Waals surface area contributed by atoms with Gasteiger partial charge in [0.1, 0.15) is 10.7 Å². The van der Waals surface area contributed by atoms with Crippen molar-refractivity contribution in [1.82, 2.24) is 9.97 Å². The second-order valence-electron chi connectivity index (χ2n) is 6.02. The van der Waals surface area contributed by atoms with E-state index in [2.05, 4.69) is 20.0 Å². The van der Waals surface area contributed by atoms with E-state index in [0.717, 1.165) is 0 Å². The normalized spacial score (nSPS) is 11.5. The van der Waals surface area contributed by atoms with Gasteiger partial charge in [-0.3, -0.25) is 4.72 Å². The molecule has 0 radical (unpaired) electrons. The van der Waals surface area contributed by atoms with Gasteiger partial charge >= 0.3 is 0 Å². The quantitative estimate of drug-likeness (QED) is 0.433. The first-order valence-corrected chi connectivity index (χ1v) is 10.7. The molecule has 0 amide bonds. The van der Waals surface area contributed by atoms with E-state index in [-0.39, 0.29) is 26.6 Å². The van der Waals surface area contributed by atoms with Crippen molar-refractivity contribution in [2.45, 2.75) is 11.4 Å². The number of hydrogen-bond acceptors (Lipinski definition) is 6. The molecule has 2 N–H and O–H groups in total.